The monoisotopic (exact) mass is 189 g/mol. The molecule has 0 aliphatic heterocycles. The molecule has 1 aromatic heterocycles. The third-order valence-electron chi connectivity index (χ3n) is 2.55. The maximum Gasteiger partial charge on any atom is 0.166 e. The number of hydrogen-bond acceptors (Lipinski definition) is 2. The van der Waals surface area contributed by atoms with Crippen molar-refractivity contribution in [1.29, 1.82) is 0 Å². The van der Waals surface area contributed by atoms with E-state index in [0.717, 1.165) is 17.2 Å². The summed E-state index contributed by atoms with van der Waals surface area (Å²) < 4.78 is 1.70. The molecule has 2 aromatic rings. The first-order valence-corrected chi connectivity index (χ1v) is 4.38. The minimum Gasteiger partial charge on any atom is -0.506 e. The Bertz CT molecular complexity index is 511. The van der Waals surface area contributed by atoms with E-state index in [0.29, 0.717) is 11.2 Å². The fraction of sp³-hybridized carbons (Fsp3) is 0.182. The molecule has 0 aliphatic carbocycles. The van der Waals surface area contributed by atoms with E-state index in [9.17, 15) is 9.90 Å². The van der Waals surface area contributed by atoms with E-state index in [-0.39, 0.29) is 5.75 Å². The molecule has 0 saturated carbocycles. The number of aldehydes is 1. The molecule has 0 bridgehead atoms. The molecule has 0 atom stereocenters. The van der Waals surface area contributed by atoms with Crippen LogP contribution in [0, 0.1) is 6.92 Å². The second-order valence-corrected chi connectivity index (χ2v) is 3.41. The van der Waals surface area contributed by atoms with Crippen LogP contribution >= 0.6 is 0 Å². The van der Waals surface area contributed by atoms with E-state index in [2.05, 4.69) is 0 Å². The van der Waals surface area contributed by atoms with Gasteiger partial charge in [0.2, 0.25) is 0 Å². The van der Waals surface area contributed by atoms with E-state index in [1.54, 1.807) is 23.7 Å². The first-order chi connectivity index (χ1) is 6.65. The summed E-state index contributed by atoms with van der Waals surface area (Å²) in [4.78, 5) is 10.7. The molecule has 14 heavy (non-hydrogen) atoms. The van der Waals surface area contributed by atoms with Crippen molar-refractivity contribution in [3.63, 3.8) is 0 Å². The number of aromatic nitrogens is 1. The normalized spacial score (nSPS) is 10.7. The Kier molecular flexibility index (Phi) is 1.81. The third-order valence-corrected chi connectivity index (χ3v) is 2.55. The Balaban J connectivity index is 2.97. The largest absolute Gasteiger partial charge is 0.506 e. The molecule has 3 nitrogen and oxygen atoms in total. The highest BCUT2D eigenvalue weighted by Crippen LogP contribution is 2.29. The standard InChI is InChI=1S/C11H11NO2/c1-7-3-4-10(14)11-9(7)5-8(6-13)12(11)2/h3-6,14H,1-2H3. The highest BCUT2D eigenvalue weighted by atomic mass is 16.3. The lowest BCUT2D eigenvalue weighted by Gasteiger charge is -2.02. The van der Waals surface area contributed by atoms with Crippen molar-refractivity contribution in [2.75, 3.05) is 0 Å². The number of phenols is 1. The molecule has 1 heterocycles. The summed E-state index contributed by atoms with van der Waals surface area (Å²) in [6.07, 6.45) is 0.791. The summed E-state index contributed by atoms with van der Waals surface area (Å²) in [5, 5.41) is 10.6. The summed E-state index contributed by atoms with van der Waals surface area (Å²) >= 11 is 0. The number of rotatable bonds is 1. The molecule has 3 heteroatoms. The lowest BCUT2D eigenvalue weighted by Crippen LogP contribution is -1.93. The van der Waals surface area contributed by atoms with Crippen molar-refractivity contribution < 1.29 is 9.90 Å². The predicted molar refractivity (Wildman–Crippen MR) is 54.7 cm³/mol. The van der Waals surface area contributed by atoms with Gasteiger partial charge in [0.1, 0.15) is 5.75 Å². The zero-order valence-electron chi connectivity index (χ0n) is 8.11. The van der Waals surface area contributed by atoms with Gasteiger partial charge in [0.25, 0.3) is 0 Å². The fourth-order valence-electron chi connectivity index (χ4n) is 1.72. The second kappa shape index (κ2) is 2.87. The van der Waals surface area contributed by atoms with Gasteiger partial charge in [-0.3, -0.25) is 4.79 Å². The molecule has 0 aliphatic rings. The minimum atomic E-state index is 0.209. The van der Waals surface area contributed by atoms with E-state index in [1.807, 2.05) is 13.0 Å². The molecule has 0 spiro atoms. The van der Waals surface area contributed by atoms with Gasteiger partial charge in [-0.2, -0.15) is 0 Å². The maximum absolute atomic E-state index is 10.7. The average molecular weight is 189 g/mol. The van der Waals surface area contributed by atoms with Gasteiger partial charge in [-0.25, -0.2) is 0 Å². The zero-order valence-corrected chi connectivity index (χ0v) is 8.11. The molecule has 2 rings (SSSR count). The van der Waals surface area contributed by atoms with Gasteiger partial charge in [-0.1, -0.05) is 6.07 Å². The number of nitrogens with zero attached hydrogens (tertiary/aromatic N) is 1. The Hall–Kier alpha value is -1.77. The summed E-state index contributed by atoms with van der Waals surface area (Å²) in [7, 11) is 1.77. The first kappa shape index (κ1) is 8.81. The predicted octanol–water partition coefficient (Wildman–Crippen LogP) is 2.00. The highest BCUT2D eigenvalue weighted by Gasteiger charge is 2.10. The molecule has 1 aromatic carbocycles. The van der Waals surface area contributed by atoms with Crippen molar-refractivity contribution in [2.24, 2.45) is 7.05 Å². The van der Waals surface area contributed by atoms with Crippen molar-refractivity contribution in [1.82, 2.24) is 4.57 Å². The second-order valence-electron chi connectivity index (χ2n) is 3.41. The molecule has 0 amide bonds. The number of benzene rings is 1. The van der Waals surface area contributed by atoms with Crippen LogP contribution in [0.3, 0.4) is 0 Å². The van der Waals surface area contributed by atoms with Crippen LogP contribution in [0.4, 0.5) is 0 Å². The van der Waals surface area contributed by atoms with E-state index in [4.69, 9.17) is 0 Å². The van der Waals surface area contributed by atoms with Crippen molar-refractivity contribution in [3.8, 4) is 5.75 Å². The van der Waals surface area contributed by atoms with Gasteiger partial charge in [0.15, 0.2) is 6.29 Å². The quantitative estimate of drug-likeness (QED) is 0.697. The number of carbonyl (C=O) groups is 1. The Morgan fingerprint density at radius 1 is 1.43 bits per heavy atom. The number of hydrogen-bond donors (Lipinski definition) is 1. The van der Waals surface area contributed by atoms with Gasteiger partial charge in [-0.05, 0) is 24.6 Å². The first-order valence-electron chi connectivity index (χ1n) is 4.38. The van der Waals surface area contributed by atoms with E-state index >= 15 is 0 Å². The molecule has 0 radical (unpaired) electrons. The minimum absolute atomic E-state index is 0.209. The summed E-state index contributed by atoms with van der Waals surface area (Å²) in [6.45, 7) is 1.95. The zero-order chi connectivity index (χ0) is 10.3. The molecular weight excluding hydrogens is 178 g/mol. The topological polar surface area (TPSA) is 42.2 Å². The van der Waals surface area contributed by atoms with Crippen LogP contribution in [0.25, 0.3) is 10.9 Å². The number of fused-ring (bicyclic) bond motifs is 1. The molecule has 0 fully saturated rings. The number of aryl methyl sites for hydroxylation is 2. The van der Waals surface area contributed by atoms with Gasteiger partial charge < -0.3 is 9.67 Å². The van der Waals surface area contributed by atoms with E-state index in [1.165, 1.54) is 0 Å². The lowest BCUT2D eigenvalue weighted by molar-refractivity contribution is 0.111. The van der Waals surface area contributed by atoms with Crippen molar-refractivity contribution >= 4 is 17.2 Å². The summed E-state index contributed by atoms with van der Waals surface area (Å²) in [5.74, 6) is 0.209. The smallest absolute Gasteiger partial charge is 0.166 e. The van der Waals surface area contributed by atoms with Crippen LogP contribution in [0.1, 0.15) is 16.1 Å². The highest BCUT2D eigenvalue weighted by molar-refractivity contribution is 5.94. The molecule has 0 saturated heterocycles. The number of aromatic hydroxyl groups is 1. The number of phenolic OH excluding ortho intramolecular Hbond substituents is 1. The van der Waals surface area contributed by atoms with E-state index < -0.39 is 0 Å². The van der Waals surface area contributed by atoms with Crippen molar-refractivity contribution in [2.45, 2.75) is 6.92 Å². The van der Waals surface area contributed by atoms with Crippen LogP contribution < -0.4 is 0 Å². The van der Waals surface area contributed by atoms with Crippen LogP contribution in [0.2, 0.25) is 0 Å². The Morgan fingerprint density at radius 3 is 2.71 bits per heavy atom. The molecular formula is C11H11NO2. The Morgan fingerprint density at radius 2 is 2.14 bits per heavy atom. The van der Waals surface area contributed by atoms with Gasteiger partial charge >= 0.3 is 0 Å². The Labute approximate surface area is 81.6 Å². The van der Waals surface area contributed by atoms with Crippen LogP contribution in [-0.2, 0) is 7.05 Å². The lowest BCUT2D eigenvalue weighted by atomic mass is 10.1. The van der Waals surface area contributed by atoms with Crippen LogP contribution in [0.15, 0.2) is 18.2 Å². The third kappa shape index (κ3) is 1.02. The maximum atomic E-state index is 10.7. The van der Waals surface area contributed by atoms with Crippen LogP contribution in [-0.4, -0.2) is 16.0 Å². The van der Waals surface area contributed by atoms with Gasteiger partial charge in [0.05, 0.1) is 11.2 Å². The average Bonchev–Trinajstić information content (AvgIpc) is 2.51. The SMILES string of the molecule is Cc1ccc(O)c2c1cc(C=O)n2C. The number of carbonyl (C=O) groups excluding carboxylic acids is 1. The summed E-state index contributed by atoms with van der Waals surface area (Å²) in [5.41, 5.74) is 2.35. The molecule has 1 N–H and O–H groups in total. The summed E-state index contributed by atoms with van der Waals surface area (Å²) in [6, 6.07) is 5.27. The van der Waals surface area contributed by atoms with Gasteiger partial charge in [-0.15, -0.1) is 0 Å². The van der Waals surface area contributed by atoms with Gasteiger partial charge in [0, 0.05) is 12.4 Å². The van der Waals surface area contributed by atoms with Crippen LogP contribution in [0.5, 0.6) is 5.75 Å². The molecule has 72 valence electrons. The van der Waals surface area contributed by atoms with Crippen molar-refractivity contribution in [3.05, 3.63) is 29.5 Å². The molecule has 0 unspecified atom stereocenters. The fourth-order valence-corrected chi connectivity index (χ4v) is 1.72.